The third-order valence-electron chi connectivity index (χ3n) is 18.3. The smallest absolute Gasteiger partial charge is 0.311 e. The molecular formula is C79H130O10. The zero-order valence-corrected chi connectivity index (χ0v) is 57.6. The summed E-state index contributed by atoms with van der Waals surface area (Å²) < 4.78 is 18.9. The van der Waals surface area contributed by atoms with Gasteiger partial charge in [-0.1, -0.05) is 336 Å². The van der Waals surface area contributed by atoms with Crippen molar-refractivity contribution >= 4 is 34.5 Å². The van der Waals surface area contributed by atoms with Crippen LogP contribution in [0.3, 0.4) is 0 Å². The van der Waals surface area contributed by atoms with Crippen LogP contribution in [-0.4, -0.2) is 33.7 Å². The average Bonchev–Trinajstić information content (AvgIpc) is 0.741. The van der Waals surface area contributed by atoms with Crippen LogP contribution in [-0.2, 0) is 9.59 Å². The van der Waals surface area contributed by atoms with Gasteiger partial charge in [-0.25, -0.2) is 0 Å². The first-order valence-electron chi connectivity index (χ1n) is 37.8. The van der Waals surface area contributed by atoms with Crippen LogP contribution in [0, 0.1) is 0 Å². The van der Waals surface area contributed by atoms with Crippen molar-refractivity contribution in [3.63, 3.8) is 0 Å². The normalized spacial score (nSPS) is 11.5. The van der Waals surface area contributed by atoms with Gasteiger partial charge in [-0.05, 0) is 49.9 Å². The van der Waals surface area contributed by atoms with Crippen molar-refractivity contribution in [3.05, 3.63) is 45.6 Å². The van der Waals surface area contributed by atoms with Crippen molar-refractivity contribution in [2.75, 3.05) is 0 Å². The molecular weight excluding hydrogens is 1110 g/mol. The lowest BCUT2D eigenvalue weighted by Crippen LogP contribution is -2.20. The predicted octanol–water partition coefficient (Wildman–Crippen LogP) is 25.0. The highest BCUT2D eigenvalue weighted by Crippen LogP contribution is 2.45. The highest BCUT2D eigenvalue weighted by atomic mass is 16.5. The molecule has 0 saturated carbocycles. The summed E-state index contributed by atoms with van der Waals surface area (Å²) in [7, 11) is 0. The molecule has 0 aliphatic carbocycles. The van der Waals surface area contributed by atoms with Crippen molar-refractivity contribution in [2.24, 2.45) is 0 Å². The molecule has 0 aliphatic heterocycles. The number of phenols is 2. The third kappa shape index (κ3) is 35.2. The van der Waals surface area contributed by atoms with E-state index in [-0.39, 0.29) is 53.9 Å². The number of ether oxygens (including phenoxy) is 2. The van der Waals surface area contributed by atoms with E-state index in [0.29, 0.717) is 25.7 Å². The third-order valence-corrected chi connectivity index (χ3v) is 18.3. The number of rotatable bonds is 61. The summed E-state index contributed by atoms with van der Waals surface area (Å²) in [5.74, 6) is -4.25. The largest absolute Gasteiger partial charge is 0.508 e. The highest BCUT2D eigenvalue weighted by molar-refractivity contribution is 6.17. The zero-order chi connectivity index (χ0) is 64.2. The Labute approximate surface area is 542 Å². The van der Waals surface area contributed by atoms with E-state index < -0.39 is 57.1 Å². The van der Waals surface area contributed by atoms with Crippen molar-refractivity contribution < 1.29 is 43.3 Å². The quantitative estimate of drug-likeness (QED) is 0.0241. The Balaban J connectivity index is 1.97. The maximum Gasteiger partial charge on any atom is 0.311 e. The molecule has 3 aromatic rings. The lowest BCUT2D eigenvalue weighted by atomic mass is 9.92. The first-order chi connectivity index (χ1) is 43.6. The van der Waals surface area contributed by atoms with Crippen molar-refractivity contribution in [2.45, 2.75) is 387 Å². The van der Waals surface area contributed by atoms with Gasteiger partial charge in [0.05, 0.1) is 0 Å². The molecule has 1 aromatic heterocycles. The van der Waals surface area contributed by atoms with Gasteiger partial charge in [0.1, 0.15) is 28.0 Å². The fourth-order valence-electron chi connectivity index (χ4n) is 12.6. The zero-order valence-electron chi connectivity index (χ0n) is 57.6. The predicted molar refractivity (Wildman–Crippen MR) is 372 cm³/mol. The van der Waals surface area contributed by atoms with Crippen LogP contribution in [0.15, 0.2) is 33.5 Å². The SMILES string of the molecule is CCCCCCCCCCCCCCCC(=O)Oc1c(-c2ccc(O)cc2)oc2c(C(=O)CCCCCCCCCCCCCCC)c(O)c(C(=O)CCCCCCCCCCCCCCC)c(OC(=O)CCCCCCCCCCCCCCC)c2c1=O. The fourth-order valence-corrected chi connectivity index (χ4v) is 12.6. The molecule has 89 heavy (non-hydrogen) atoms. The van der Waals surface area contributed by atoms with Crippen LogP contribution in [0.2, 0.25) is 0 Å². The number of hydrogen-bond acceptors (Lipinski definition) is 10. The summed E-state index contributed by atoms with van der Waals surface area (Å²) >= 11 is 0. The number of hydrogen-bond donors (Lipinski definition) is 2. The van der Waals surface area contributed by atoms with Crippen LogP contribution in [0.25, 0.3) is 22.3 Å². The van der Waals surface area contributed by atoms with Crippen LogP contribution in [0.5, 0.6) is 23.0 Å². The van der Waals surface area contributed by atoms with Gasteiger partial charge in [0.25, 0.3) is 0 Å². The van der Waals surface area contributed by atoms with Crippen LogP contribution < -0.4 is 14.9 Å². The summed E-state index contributed by atoms with van der Waals surface area (Å²) in [4.78, 5) is 73.3. The number of Topliss-reactive ketones (excluding diaryl/α,β-unsaturated/α-hetero) is 2. The second-order valence-corrected chi connectivity index (χ2v) is 26.5. The van der Waals surface area contributed by atoms with E-state index in [0.717, 1.165) is 103 Å². The van der Waals surface area contributed by atoms with E-state index in [2.05, 4.69) is 27.7 Å². The lowest BCUT2D eigenvalue weighted by Gasteiger charge is -2.19. The molecule has 0 radical (unpaired) electrons. The monoisotopic (exact) mass is 1240 g/mol. The molecule has 2 N–H and O–H groups in total. The van der Waals surface area contributed by atoms with Crippen molar-refractivity contribution in [3.8, 4) is 34.3 Å². The maximum atomic E-state index is 15.6. The molecule has 0 aliphatic rings. The summed E-state index contributed by atoms with van der Waals surface area (Å²) in [6, 6.07) is 5.86. The summed E-state index contributed by atoms with van der Waals surface area (Å²) in [5.41, 5.74) is -1.69. The van der Waals surface area contributed by atoms with Crippen molar-refractivity contribution in [1.82, 2.24) is 0 Å². The highest BCUT2D eigenvalue weighted by Gasteiger charge is 2.35. The Morgan fingerprint density at radius 3 is 0.899 bits per heavy atom. The number of benzene rings is 2. The summed E-state index contributed by atoms with van der Waals surface area (Å²) in [6.07, 6.45) is 58.8. The van der Waals surface area contributed by atoms with E-state index in [1.165, 1.54) is 230 Å². The minimum absolute atomic E-state index is 0.00409. The van der Waals surface area contributed by atoms with Crippen LogP contribution >= 0.6 is 0 Å². The second-order valence-electron chi connectivity index (χ2n) is 26.5. The minimum Gasteiger partial charge on any atom is -0.508 e. The average molecular weight is 1240 g/mol. The Kier molecular flexibility index (Phi) is 47.0. The van der Waals surface area contributed by atoms with E-state index in [1.54, 1.807) is 0 Å². The Morgan fingerprint density at radius 2 is 0.596 bits per heavy atom. The molecule has 10 heteroatoms. The topological polar surface area (TPSA) is 157 Å². The van der Waals surface area contributed by atoms with Gasteiger partial charge in [-0.3, -0.25) is 24.0 Å². The van der Waals surface area contributed by atoms with Gasteiger partial charge < -0.3 is 24.1 Å². The van der Waals surface area contributed by atoms with Gasteiger partial charge in [0.2, 0.25) is 11.2 Å². The first-order valence-corrected chi connectivity index (χ1v) is 37.8. The molecule has 0 bridgehead atoms. The lowest BCUT2D eigenvalue weighted by molar-refractivity contribution is -0.135. The number of fused-ring (bicyclic) bond motifs is 1. The molecule has 506 valence electrons. The van der Waals surface area contributed by atoms with Gasteiger partial charge in [-0.15, -0.1) is 0 Å². The van der Waals surface area contributed by atoms with Crippen LogP contribution in [0.1, 0.15) is 408 Å². The number of esters is 2. The summed E-state index contributed by atoms with van der Waals surface area (Å²) in [5, 5.41) is 22.5. The number of carbonyl (C=O) groups excluding carboxylic acids is 4. The molecule has 0 fully saturated rings. The second kappa shape index (κ2) is 53.1. The number of ketones is 2. The van der Waals surface area contributed by atoms with Crippen LogP contribution in [0.4, 0.5) is 0 Å². The Hall–Kier alpha value is -4.47. The van der Waals surface area contributed by atoms with Gasteiger partial charge in [-0.2, -0.15) is 0 Å². The van der Waals surface area contributed by atoms with E-state index in [9.17, 15) is 29.4 Å². The van der Waals surface area contributed by atoms with Gasteiger partial charge >= 0.3 is 11.9 Å². The molecule has 10 nitrogen and oxygen atoms in total. The first kappa shape index (κ1) is 78.8. The van der Waals surface area contributed by atoms with E-state index in [4.69, 9.17) is 13.9 Å². The van der Waals surface area contributed by atoms with Gasteiger partial charge in [0.15, 0.2) is 28.7 Å². The molecule has 1 heterocycles. The fraction of sp³-hybridized carbons (Fsp3) is 0.759. The number of unbranched alkanes of at least 4 members (excludes halogenated alkanes) is 48. The number of phenolic OH excluding ortho intramolecular Hbond substituents is 2. The maximum absolute atomic E-state index is 15.6. The van der Waals surface area contributed by atoms with E-state index in [1.807, 2.05) is 0 Å². The Morgan fingerprint density at radius 1 is 0.337 bits per heavy atom. The standard InChI is InChI=1S/C79H130O10/c1-5-9-13-17-21-25-29-33-37-41-45-49-53-57-67(81)71-74(85)72(68(82)58-54-50-46-42-38-34-30-26-22-18-14-10-6-2)78-73(77(71)87-69(83)59-55-51-47-43-39-35-31-27-23-19-15-11-7-3)75(86)79(76(89-78)65-61-63-66(80)64-62-65)88-70(84)60-56-52-48-44-40-36-32-28-24-20-16-12-8-4/h61-64,80,85H,5-60H2,1-4H3. The number of carbonyl (C=O) groups is 4. The molecule has 0 unspecified atom stereocenters. The van der Waals surface area contributed by atoms with E-state index >= 15 is 4.79 Å². The summed E-state index contributed by atoms with van der Waals surface area (Å²) in [6.45, 7) is 8.98. The molecule has 0 atom stereocenters. The molecule has 2 aromatic carbocycles. The van der Waals surface area contributed by atoms with Gasteiger partial charge in [0, 0.05) is 31.2 Å². The number of aromatic hydroxyl groups is 2. The minimum atomic E-state index is -0.901. The molecule has 0 spiro atoms. The molecule has 0 saturated heterocycles. The van der Waals surface area contributed by atoms with Crippen molar-refractivity contribution in [1.29, 1.82) is 0 Å². The Bertz CT molecular complexity index is 2360. The molecule has 3 rings (SSSR count). The molecule has 0 amide bonds.